The Morgan fingerprint density at radius 3 is 2.28 bits per heavy atom. The van der Waals surface area contributed by atoms with E-state index < -0.39 is 6.36 Å². The summed E-state index contributed by atoms with van der Waals surface area (Å²) in [6, 6.07) is 18.9. The highest BCUT2D eigenvalue weighted by atomic mass is 19.4. The van der Waals surface area contributed by atoms with Crippen molar-refractivity contribution in [2.45, 2.75) is 19.3 Å². The molecule has 1 saturated heterocycles. The van der Waals surface area contributed by atoms with E-state index in [0.29, 0.717) is 47.8 Å². The molecule has 1 N–H and O–H groups in total. The van der Waals surface area contributed by atoms with Gasteiger partial charge in [0.25, 0.3) is 5.91 Å². The number of rotatable bonds is 7. The summed E-state index contributed by atoms with van der Waals surface area (Å²) in [5, 5.41) is 2.87. The number of nitrogens with one attached hydrogen (secondary N) is 1. The third-order valence-electron chi connectivity index (χ3n) is 5.64. The van der Waals surface area contributed by atoms with Crippen molar-refractivity contribution in [1.29, 1.82) is 0 Å². The number of alkyl halides is 3. The quantitative estimate of drug-likeness (QED) is 0.454. The van der Waals surface area contributed by atoms with Gasteiger partial charge in [0.05, 0.1) is 18.5 Å². The number of halogens is 3. The lowest BCUT2D eigenvalue weighted by Crippen LogP contribution is -2.49. The minimum absolute atomic E-state index is 0.224. The summed E-state index contributed by atoms with van der Waals surface area (Å²) in [7, 11) is 1.54. The van der Waals surface area contributed by atoms with Crippen LogP contribution in [0.25, 0.3) is 0 Å². The van der Waals surface area contributed by atoms with Gasteiger partial charge in [-0.25, -0.2) is 4.79 Å². The molecule has 0 unspecified atom stereocenters. The Labute approximate surface area is 206 Å². The molecule has 1 aliphatic rings. The molecular weight excluding hydrogens is 475 g/mol. The maximum Gasteiger partial charge on any atom is 0.573 e. The Morgan fingerprint density at radius 2 is 1.61 bits per heavy atom. The fourth-order valence-corrected chi connectivity index (χ4v) is 3.92. The summed E-state index contributed by atoms with van der Waals surface area (Å²) in [5.41, 5.74) is 2.15. The highest BCUT2D eigenvalue weighted by molar-refractivity contribution is 6.07. The zero-order chi connectivity index (χ0) is 25.7. The number of para-hydroxylation sites is 2. The van der Waals surface area contributed by atoms with Crippen LogP contribution in [-0.4, -0.2) is 43.4 Å². The first kappa shape index (κ1) is 24.9. The normalized spacial score (nSPS) is 13.9. The van der Waals surface area contributed by atoms with Crippen LogP contribution in [-0.2, 0) is 6.54 Å². The highest BCUT2D eigenvalue weighted by Crippen LogP contribution is 2.30. The second-order valence-corrected chi connectivity index (χ2v) is 8.10. The standard InChI is InChI=1S/C26H24F3N3O4/c1-35-20-13-9-19(10-14-20)24(33)30-22-5-2-3-6-23(22)32-16-4-15-31(25(32)34)17-18-7-11-21(12-8-18)36-26(27,28)29/h2-3,5-14H,4,15-17H2,1H3,(H,30,33). The molecule has 3 aromatic carbocycles. The molecule has 36 heavy (non-hydrogen) atoms. The smallest absolute Gasteiger partial charge is 0.497 e. The Bertz CT molecular complexity index is 1210. The fourth-order valence-electron chi connectivity index (χ4n) is 3.92. The van der Waals surface area contributed by atoms with Gasteiger partial charge in [-0.1, -0.05) is 24.3 Å². The zero-order valence-electron chi connectivity index (χ0n) is 19.4. The number of carbonyl (C=O) groups excluding carboxylic acids is 2. The van der Waals surface area contributed by atoms with E-state index >= 15 is 0 Å². The molecule has 0 spiro atoms. The van der Waals surface area contributed by atoms with Crippen molar-refractivity contribution < 1.29 is 32.2 Å². The van der Waals surface area contributed by atoms with Crippen LogP contribution in [0.5, 0.6) is 11.5 Å². The lowest BCUT2D eigenvalue weighted by Gasteiger charge is -2.36. The molecule has 0 aliphatic carbocycles. The minimum Gasteiger partial charge on any atom is -0.497 e. The van der Waals surface area contributed by atoms with Crippen molar-refractivity contribution in [2.24, 2.45) is 0 Å². The van der Waals surface area contributed by atoms with Gasteiger partial charge < -0.3 is 19.7 Å². The van der Waals surface area contributed by atoms with Crippen LogP contribution < -0.4 is 19.7 Å². The molecule has 0 atom stereocenters. The molecule has 1 aliphatic heterocycles. The Balaban J connectivity index is 1.47. The third-order valence-corrected chi connectivity index (χ3v) is 5.64. The van der Waals surface area contributed by atoms with E-state index in [2.05, 4.69) is 10.1 Å². The van der Waals surface area contributed by atoms with Gasteiger partial charge in [0.1, 0.15) is 11.5 Å². The number of hydrogen-bond acceptors (Lipinski definition) is 4. The van der Waals surface area contributed by atoms with E-state index in [1.807, 2.05) is 0 Å². The topological polar surface area (TPSA) is 71.1 Å². The first-order valence-electron chi connectivity index (χ1n) is 11.2. The summed E-state index contributed by atoms with van der Waals surface area (Å²) in [6.07, 6.45) is -4.08. The first-order chi connectivity index (χ1) is 17.2. The number of ether oxygens (including phenoxy) is 2. The Morgan fingerprint density at radius 1 is 0.944 bits per heavy atom. The predicted molar refractivity (Wildman–Crippen MR) is 128 cm³/mol. The van der Waals surface area contributed by atoms with Crippen molar-refractivity contribution in [3.8, 4) is 11.5 Å². The van der Waals surface area contributed by atoms with E-state index in [4.69, 9.17) is 4.74 Å². The van der Waals surface area contributed by atoms with Gasteiger partial charge in [-0.15, -0.1) is 13.2 Å². The van der Waals surface area contributed by atoms with E-state index in [-0.39, 0.29) is 24.2 Å². The van der Waals surface area contributed by atoms with Gasteiger partial charge >= 0.3 is 12.4 Å². The summed E-state index contributed by atoms with van der Waals surface area (Å²) < 4.78 is 46.2. The average Bonchev–Trinajstić information content (AvgIpc) is 2.86. The fraction of sp³-hybridized carbons (Fsp3) is 0.231. The monoisotopic (exact) mass is 499 g/mol. The van der Waals surface area contributed by atoms with Crippen molar-refractivity contribution in [3.05, 3.63) is 83.9 Å². The van der Waals surface area contributed by atoms with Crippen molar-refractivity contribution in [1.82, 2.24) is 4.90 Å². The number of nitrogens with zero attached hydrogens (tertiary/aromatic N) is 2. The van der Waals surface area contributed by atoms with Gasteiger partial charge in [0, 0.05) is 25.2 Å². The van der Waals surface area contributed by atoms with Crippen LogP contribution in [0.4, 0.5) is 29.3 Å². The Hall–Kier alpha value is -4.21. The maximum atomic E-state index is 13.3. The minimum atomic E-state index is -4.76. The summed E-state index contributed by atoms with van der Waals surface area (Å²) in [6.45, 7) is 1.18. The molecule has 10 heteroatoms. The third kappa shape index (κ3) is 6.07. The van der Waals surface area contributed by atoms with Crippen LogP contribution >= 0.6 is 0 Å². The number of urea groups is 1. The second kappa shape index (κ2) is 10.6. The van der Waals surface area contributed by atoms with Crippen LogP contribution in [0, 0.1) is 0 Å². The van der Waals surface area contributed by atoms with Crippen LogP contribution in [0.15, 0.2) is 72.8 Å². The van der Waals surface area contributed by atoms with Gasteiger partial charge in [-0.3, -0.25) is 9.69 Å². The van der Waals surface area contributed by atoms with Gasteiger partial charge in [0.15, 0.2) is 0 Å². The largest absolute Gasteiger partial charge is 0.573 e. The molecule has 3 amide bonds. The second-order valence-electron chi connectivity index (χ2n) is 8.10. The van der Waals surface area contributed by atoms with E-state index in [9.17, 15) is 22.8 Å². The molecule has 4 rings (SSSR count). The lowest BCUT2D eigenvalue weighted by molar-refractivity contribution is -0.274. The molecule has 188 valence electrons. The van der Waals surface area contributed by atoms with E-state index in [0.717, 1.165) is 0 Å². The first-order valence-corrected chi connectivity index (χ1v) is 11.2. The SMILES string of the molecule is COc1ccc(C(=O)Nc2ccccc2N2CCCN(Cc3ccc(OC(F)(F)F)cc3)C2=O)cc1. The Kier molecular flexibility index (Phi) is 7.33. The molecule has 7 nitrogen and oxygen atoms in total. The van der Waals surface area contributed by atoms with Crippen molar-refractivity contribution >= 4 is 23.3 Å². The molecule has 0 aromatic heterocycles. The van der Waals surface area contributed by atoms with Gasteiger partial charge in [-0.05, 0) is 60.5 Å². The highest BCUT2D eigenvalue weighted by Gasteiger charge is 2.31. The predicted octanol–water partition coefficient (Wildman–Crippen LogP) is 5.68. The maximum absolute atomic E-state index is 13.3. The van der Waals surface area contributed by atoms with Gasteiger partial charge in [-0.2, -0.15) is 0 Å². The number of methoxy groups -OCH3 is 1. The molecule has 0 saturated carbocycles. The molecule has 1 fully saturated rings. The van der Waals surface area contributed by atoms with Crippen LogP contribution in [0.1, 0.15) is 22.3 Å². The number of benzene rings is 3. The summed E-state index contributed by atoms with van der Waals surface area (Å²) in [5.74, 6) is -0.0135. The average molecular weight is 499 g/mol. The molecule has 0 bridgehead atoms. The van der Waals surface area contributed by atoms with Crippen LogP contribution in [0.2, 0.25) is 0 Å². The number of hydrogen-bond donors (Lipinski definition) is 1. The number of anilines is 2. The summed E-state index contributed by atoms with van der Waals surface area (Å²) >= 11 is 0. The van der Waals surface area contributed by atoms with Crippen LogP contribution in [0.3, 0.4) is 0 Å². The zero-order valence-corrected chi connectivity index (χ0v) is 19.4. The summed E-state index contributed by atoms with van der Waals surface area (Å²) in [4.78, 5) is 29.3. The molecule has 3 aromatic rings. The molecular formula is C26H24F3N3O4. The molecule has 0 radical (unpaired) electrons. The van der Waals surface area contributed by atoms with Crippen molar-refractivity contribution in [3.63, 3.8) is 0 Å². The number of amides is 3. The van der Waals surface area contributed by atoms with Crippen molar-refractivity contribution in [2.75, 3.05) is 30.4 Å². The molecule has 1 heterocycles. The van der Waals surface area contributed by atoms with Gasteiger partial charge in [0.2, 0.25) is 0 Å². The number of carbonyl (C=O) groups is 2. The van der Waals surface area contributed by atoms with E-state index in [1.165, 1.54) is 24.3 Å². The lowest BCUT2D eigenvalue weighted by atomic mass is 10.1. The van der Waals surface area contributed by atoms with E-state index in [1.54, 1.807) is 65.4 Å².